The Labute approximate surface area is 194 Å². The average Bonchev–Trinajstić information content (AvgIpc) is 3.50. The summed E-state index contributed by atoms with van der Waals surface area (Å²) >= 11 is 7.43. The number of aromatic nitrogens is 2. The molecule has 0 radical (unpaired) electrons. The lowest BCUT2D eigenvalue weighted by molar-refractivity contribution is 0.0858. The minimum Gasteiger partial charge on any atom is -0.376 e. The molecule has 0 bridgehead atoms. The number of carbonyl (C=O) groups excluding carboxylic acids is 2. The normalized spacial score (nSPS) is 17.9. The van der Waals surface area contributed by atoms with Crippen LogP contribution in [0.4, 0.5) is 5.00 Å². The summed E-state index contributed by atoms with van der Waals surface area (Å²) in [6.45, 7) is 2.57. The van der Waals surface area contributed by atoms with Gasteiger partial charge in [-0.15, -0.1) is 11.3 Å². The molecule has 0 aromatic carbocycles. The fraction of sp³-hybridized carbons (Fsp3) is 0.500. The van der Waals surface area contributed by atoms with Gasteiger partial charge >= 0.3 is 0 Å². The Bertz CT molecular complexity index is 1160. The van der Waals surface area contributed by atoms with E-state index in [4.69, 9.17) is 16.3 Å². The van der Waals surface area contributed by atoms with E-state index in [1.165, 1.54) is 18.3 Å². The molecule has 172 valence electrons. The van der Waals surface area contributed by atoms with E-state index in [-0.39, 0.29) is 28.5 Å². The molecule has 2 N–H and O–H groups in total. The number of anilines is 1. The molecule has 1 aliphatic heterocycles. The van der Waals surface area contributed by atoms with Crippen LogP contribution in [0.3, 0.4) is 0 Å². The first kappa shape index (κ1) is 23.1. The molecule has 1 unspecified atom stereocenters. The number of hydrogen-bond donors (Lipinski definition) is 2. The zero-order chi connectivity index (χ0) is 22.9. The molecule has 1 saturated heterocycles. The summed E-state index contributed by atoms with van der Waals surface area (Å²) in [6.07, 6.45) is 5.54. The monoisotopic (exact) mass is 498 g/mol. The summed E-state index contributed by atoms with van der Waals surface area (Å²) in [5, 5.41) is 5.50. The first-order chi connectivity index (χ1) is 15.3. The minimum absolute atomic E-state index is 0.00226. The Hall–Kier alpha value is -2.08. The highest BCUT2D eigenvalue weighted by Crippen LogP contribution is 2.39. The fourth-order valence-corrected chi connectivity index (χ4v) is 5.94. The first-order valence-electron chi connectivity index (χ1n) is 10.4. The predicted molar refractivity (Wildman–Crippen MR) is 120 cm³/mol. The van der Waals surface area contributed by atoms with Gasteiger partial charge in [-0.3, -0.25) is 9.59 Å². The molecule has 2 aromatic heterocycles. The van der Waals surface area contributed by atoms with Crippen molar-refractivity contribution in [3.05, 3.63) is 32.9 Å². The molecule has 1 aliphatic carbocycles. The Balaban J connectivity index is 1.59. The highest BCUT2D eigenvalue weighted by atomic mass is 35.5. The summed E-state index contributed by atoms with van der Waals surface area (Å²) in [5.74, 6) is -1.17. The predicted octanol–water partition coefficient (Wildman–Crippen LogP) is 2.63. The second kappa shape index (κ2) is 9.42. The first-order valence-corrected chi connectivity index (χ1v) is 13.3. The SMILES string of the molecule is CCS(=O)(=O)c1ncc(Cl)c(C(=O)Nc2sc3c(c2C(=O)NCC2CCCO2)CCC3)n1. The van der Waals surface area contributed by atoms with Crippen LogP contribution in [0.25, 0.3) is 0 Å². The van der Waals surface area contributed by atoms with Crippen molar-refractivity contribution >= 4 is 49.6 Å². The largest absolute Gasteiger partial charge is 0.376 e. The number of hydrogen-bond acceptors (Lipinski definition) is 8. The van der Waals surface area contributed by atoms with Gasteiger partial charge in [-0.05, 0) is 37.7 Å². The van der Waals surface area contributed by atoms with E-state index < -0.39 is 20.9 Å². The molecule has 2 amide bonds. The maximum Gasteiger partial charge on any atom is 0.276 e. The molecule has 0 spiro atoms. The minimum atomic E-state index is -3.71. The van der Waals surface area contributed by atoms with Gasteiger partial charge in [0, 0.05) is 18.0 Å². The average molecular weight is 499 g/mol. The van der Waals surface area contributed by atoms with E-state index in [0.717, 1.165) is 48.7 Å². The van der Waals surface area contributed by atoms with E-state index >= 15 is 0 Å². The Kier molecular flexibility index (Phi) is 6.80. The second-order valence-electron chi connectivity index (χ2n) is 7.61. The second-order valence-corrected chi connectivity index (χ2v) is 11.3. The van der Waals surface area contributed by atoms with Crippen molar-refractivity contribution in [2.45, 2.75) is 50.3 Å². The zero-order valence-corrected chi connectivity index (χ0v) is 19.8. The third-order valence-corrected chi connectivity index (χ3v) is 8.48. The molecule has 4 rings (SSSR count). The lowest BCUT2D eigenvalue weighted by Crippen LogP contribution is -2.32. The zero-order valence-electron chi connectivity index (χ0n) is 17.4. The molecule has 9 nitrogen and oxygen atoms in total. The molecule has 3 heterocycles. The highest BCUT2D eigenvalue weighted by Gasteiger charge is 2.29. The van der Waals surface area contributed by atoms with Gasteiger partial charge < -0.3 is 15.4 Å². The number of fused-ring (bicyclic) bond motifs is 1. The van der Waals surface area contributed by atoms with E-state index in [2.05, 4.69) is 20.6 Å². The molecule has 12 heteroatoms. The molecule has 2 aliphatic rings. The number of sulfone groups is 1. The van der Waals surface area contributed by atoms with E-state index in [0.29, 0.717) is 23.7 Å². The number of thiophene rings is 1. The van der Waals surface area contributed by atoms with Crippen LogP contribution in [0.2, 0.25) is 5.02 Å². The van der Waals surface area contributed by atoms with Crippen molar-refractivity contribution in [3.63, 3.8) is 0 Å². The van der Waals surface area contributed by atoms with Crippen LogP contribution in [-0.4, -0.2) is 55.2 Å². The quantitative estimate of drug-likeness (QED) is 0.561. The molecule has 0 saturated carbocycles. The van der Waals surface area contributed by atoms with Gasteiger partial charge in [-0.1, -0.05) is 18.5 Å². The summed E-state index contributed by atoms with van der Waals surface area (Å²) in [7, 11) is -3.71. The van der Waals surface area contributed by atoms with Gasteiger partial charge in [0.1, 0.15) is 5.00 Å². The van der Waals surface area contributed by atoms with Gasteiger partial charge in [0.2, 0.25) is 15.0 Å². The van der Waals surface area contributed by atoms with Gasteiger partial charge in [-0.25, -0.2) is 18.4 Å². The summed E-state index contributed by atoms with van der Waals surface area (Å²) in [5.41, 5.74) is 1.13. The number of nitrogens with one attached hydrogen (secondary N) is 2. The van der Waals surface area contributed by atoms with E-state index in [1.54, 1.807) is 0 Å². The Morgan fingerprint density at radius 1 is 1.28 bits per heavy atom. The standard InChI is InChI=1S/C20H23ClN4O5S2/c1-2-32(28,29)20-23-10-13(21)16(24-20)18(27)25-19-15(12-6-3-7-14(12)31-19)17(26)22-9-11-5-4-8-30-11/h10-11H,2-9H2,1H3,(H,22,26)(H,25,27). The molecule has 1 fully saturated rings. The van der Waals surface area contributed by atoms with Crippen molar-refractivity contribution in [2.24, 2.45) is 0 Å². The van der Waals surface area contributed by atoms with Gasteiger partial charge in [0.05, 0.1) is 28.6 Å². The van der Waals surface area contributed by atoms with Crippen LogP contribution in [0.15, 0.2) is 11.4 Å². The number of ether oxygens (including phenoxy) is 1. The number of carbonyl (C=O) groups is 2. The van der Waals surface area contributed by atoms with Crippen molar-refractivity contribution in [1.29, 1.82) is 0 Å². The third-order valence-electron chi connectivity index (χ3n) is 5.48. The third kappa shape index (κ3) is 4.66. The number of rotatable bonds is 7. The van der Waals surface area contributed by atoms with Gasteiger partial charge in [0.25, 0.3) is 11.8 Å². The van der Waals surface area contributed by atoms with Crippen LogP contribution in [-0.2, 0) is 27.4 Å². The van der Waals surface area contributed by atoms with Crippen LogP contribution in [0.1, 0.15) is 57.5 Å². The van der Waals surface area contributed by atoms with Gasteiger partial charge in [-0.2, -0.15) is 0 Å². The van der Waals surface area contributed by atoms with Crippen LogP contribution >= 0.6 is 22.9 Å². The van der Waals surface area contributed by atoms with Crippen molar-refractivity contribution < 1.29 is 22.7 Å². The topological polar surface area (TPSA) is 127 Å². The number of aryl methyl sites for hydroxylation is 1. The molecular weight excluding hydrogens is 476 g/mol. The Morgan fingerprint density at radius 3 is 2.81 bits per heavy atom. The number of nitrogens with zero attached hydrogens (tertiary/aromatic N) is 2. The number of halogens is 1. The lowest BCUT2D eigenvalue weighted by atomic mass is 10.1. The summed E-state index contributed by atoms with van der Waals surface area (Å²) in [4.78, 5) is 34.6. The smallest absolute Gasteiger partial charge is 0.276 e. The molecule has 2 aromatic rings. The number of amides is 2. The van der Waals surface area contributed by atoms with Crippen LogP contribution in [0.5, 0.6) is 0 Å². The summed E-state index contributed by atoms with van der Waals surface area (Å²) < 4.78 is 29.8. The van der Waals surface area contributed by atoms with Crippen molar-refractivity contribution in [1.82, 2.24) is 15.3 Å². The molecule has 1 atom stereocenters. The van der Waals surface area contributed by atoms with Crippen LogP contribution in [0, 0.1) is 0 Å². The van der Waals surface area contributed by atoms with E-state index in [9.17, 15) is 18.0 Å². The highest BCUT2D eigenvalue weighted by molar-refractivity contribution is 7.91. The maximum atomic E-state index is 13.0. The fourth-order valence-electron chi connectivity index (χ4n) is 3.78. The lowest BCUT2D eigenvalue weighted by Gasteiger charge is -2.13. The summed E-state index contributed by atoms with van der Waals surface area (Å²) in [6, 6.07) is 0. The van der Waals surface area contributed by atoms with Crippen molar-refractivity contribution in [2.75, 3.05) is 24.2 Å². The van der Waals surface area contributed by atoms with Crippen molar-refractivity contribution in [3.8, 4) is 0 Å². The Morgan fingerprint density at radius 2 is 2.09 bits per heavy atom. The molecule has 32 heavy (non-hydrogen) atoms. The van der Waals surface area contributed by atoms with E-state index in [1.807, 2.05) is 0 Å². The van der Waals surface area contributed by atoms with Gasteiger partial charge in [0.15, 0.2) is 5.69 Å². The maximum absolute atomic E-state index is 13.0. The van der Waals surface area contributed by atoms with Crippen LogP contribution < -0.4 is 10.6 Å². The molecular formula is C20H23ClN4O5S2.